The van der Waals surface area contributed by atoms with E-state index in [9.17, 15) is 0 Å². The zero-order valence-electron chi connectivity index (χ0n) is 13.3. The lowest BCUT2D eigenvalue weighted by molar-refractivity contribution is 0.434. The molecular weight excluding hydrogens is 250 g/mol. The SMILES string of the molecule is CCCCCCCCCC(NCCC)C1CCCS1. The average Bonchev–Trinajstić information content (AvgIpc) is 2.95. The van der Waals surface area contributed by atoms with Gasteiger partial charge in [0.2, 0.25) is 0 Å². The van der Waals surface area contributed by atoms with Crippen molar-refractivity contribution >= 4 is 11.8 Å². The highest BCUT2D eigenvalue weighted by Gasteiger charge is 2.24. The summed E-state index contributed by atoms with van der Waals surface area (Å²) in [5.41, 5.74) is 0. The number of nitrogens with one attached hydrogen (secondary N) is 1. The molecule has 19 heavy (non-hydrogen) atoms. The first kappa shape index (κ1) is 17.4. The average molecular weight is 286 g/mol. The number of thioether (sulfide) groups is 1. The van der Waals surface area contributed by atoms with Gasteiger partial charge in [-0.15, -0.1) is 0 Å². The van der Waals surface area contributed by atoms with Crippen LogP contribution in [0.2, 0.25) is 0 Å². The lowest BCUT2D eigenvalue weighted by Crippen LogP contribution is -2.37. The normalized spacial score (nSPS) is 20.8. The maximum atomic E-state index is 3.80. The molecule has 1 heterocycles. The van der Waals surface area contributed by atoms with E-state index in [-0.39, 0.29) is 0 Å². The first-order valence-electron chi connectivity index (χ1n) is 8.73. The lowest BCUT2D eigenvalue weighted by Gasteiger charge is -2.24. The van der Waals surface area contributed by atoms with Crippen molar-refractivity contribution in [1.82, 2.24) is 5.32 Å². The number of hydrogen-bond acceptors (Lipinski definition) is 2. The second-order valence-electron chi connectivity index (χ2n) is 6.02. The van der Waals surface area contributed by atoms with Gasteiger partial charge in [0.15, 0.2) is 0 Å². The van der Waals surface area contributed by atoms with Gasteiger partial charge in [-0.05, 0) is 38.0 Å². The molecule has 0 amide bonds. The van der Waals surface area contributed by atoms with Crippen LogP contribution in [0.25, 0.3) is 0 Å². The van der Waals surface area contributed by atoms with Crippen LogP contribution >= 0.6 is 11.8 Å². The Kier molecular flexibility index (Phi) is 11.0. The van der Waals surface area contributed by atoms with Gasteiger partial charge in [-0.3, -0.25) is 0 Å². The highest BCUT2D eigenvalue weighted by atomic mass is 32.2. The van der Waals surface area contributed by atoms with Gasteiger partial charge in [0.1, 0.15) is 0 Å². The van der Waals surface area contributed by atoms with E-state index in [2.05, 4.69) is 30.9 Å². The van der Waals surface area contributed by atoms with Crippen molar-refractivity contribution in [2.24, 2.45) is 0 Å². The maximum absolute atomic E-state index is 3.80. The van der Waals surface area contributed by atoms with E-state index in [1.54, 1.807) is 0 Å². The van der Waals surface area contributed by atoms with Crippen molar-refractivity contribution in [3.8, 4) is 0 Å². The molecule has 1 aliphatic rings. The van der Waals surface area contributed by atoms with Gasteiger partial charge in [-0.2, -0.15) is 11.8 Å². The van der Waals surface area contributed by atoms with Crippen LogP contribution in [0, 0.1) is 0 Å². The predicted molar refractivity (Wildman–Crippen MR) is 90.2 cm³/mol. The fraction of sp³-hybridized carbons (Fsp3) is 1.00. The summed E-state index contributed by atoms with van der Waals surface area (Å²) in [5, 5.41) is 4.71. The van der Waals surface area contributed by atoms with E-state index >= 15 is 0 Å². The summed E-state index contributed by atoms with van der Waals surface area (Å²) in [6.45, 7) is 5.78. The van der Waals surface area contributed by atoms with Crippen LogP contribution in [0.15, 0.2) is 0 Å². The number of rotatable bonds is 12. The third-order valence-corrected chi connectivity index (χ3v) is 5.71. The Morgan fingerprint density at radius 3 is 2.37 bits per heavy atom. The van der Waals surface area contributed by atoms with Crippen molar-refractivity contribution in [2.75, 3.05) is 12.3 Å². The lowest BCUT2D eigenvalue weighted by atomic mass is 10.0. The molecule has 1 N–H and O–H groups in total. The zero-order chi connectivity index (χ0) is 13.8. The zero-order valence-corrected chi connectivity index (χ0v) is 14.1. The van der Waals surface area contributed by atoms with Gasteiger partial charge in [0.05, 0.1) is 0 Å². The largest absolute Gasteiger partial charge is 0.313 e. The summed E-state index contributed by atoms with van der Waals surface area (Å²) in [5.74, 6) is 1.39. The Balaban J connectivity index is 2.06. The minimum Gasteiger partial charge on any atom is -0.313 e. The van der Waals surface area contributed by atoms with Crippen molar-refractivity contribution in [3.05, 3.63) is 0 Å². The standard InChI is InChI=1S/C17H35NS/c1-3-5-6-7-8-9-10-12-16(18-14-4-2)17-13-11-15-19-17/h16-18H,3-15H2,1-2H3. The molecule has 0 aliphatic carbocycles. The van der Waals surface area contributed by atoms with Crippen molar-refractivity contribution < 1.29 is 0 Å². The first-order chi connectivity index (χ1) is 9.38. The van der Waals surface area contributed by atoms with E-state index in [4.69, 9.17) is 0 Å². The van der Waals surface area contributed by atoms with Gasteiger partial charge in [0, 0.05) is 11.3 Å². The van der Waals surface area contributed by atoms with Gasteiger partial charge < -0.3 is 5.32 Å². The van der Waals surface area contributed by atoms with Crippen LogP contribution in [-0.2, 0) is 0 Å². The fourth-order valence-electron chi connectivity index (χ4n) is 2.99. The van der Waals surface area contributed by atoms with E-state index in [1.807, 2.05) is 0 Å². The van der Waals surface area contributed by atoms with Gasteiger partial charge in [-0.1, -0.05) is 58.8 Å². The van der Waals surface area contributed by atoms with Crippen LogP contribution < -0.4 is 5.32 Å². The third kappa shape index (κ3) is 8.24. The van der Waals surface area contributed by atoms with E-state index in [0.29, 0.717) is 0 Å². The molecule has 0 saturated carbocycles. The molecule has 2 atom stereocenters. The Labute approximate surface area is 125 Å². The van der Waals surface area contributed by atoms with Crippen molar-refractivity contribution in [3.63, 3.8) is 0 Å². The second-order valence-corrected chi connectivity index (χ2v) is 7.37. The number of hydrogen-bond donors (Lipinski definition) is 1. The third-order valence-electron chi connectivity index (χ3n) is 4.19. The Hall–Kier alpha value is 0.310. The molecule has 0 bridgehead atoms. The number of unbranched alkanes of at least 4 members (excludes halogenated alkanes) is 6. The molecule has 1 aliphatic heterocycles. The predicted octanol–water partition coefficient (Wildman–Crippen LogP) is 5.39. The van der Waals surface area contributed by atoms with Crippen LogP contribution in [-0.4, -0.2) is 23.6 Å². The van der Waals surface area contributed by atoms with Crippen LogP contribution in [0.3, 0.4) is 0 Å². The second kappa shape index (κ2) is 12.1. The summed E-state index contributed by atoms with van der Waals surface area (Å²) in [6.07, 6.45) is 15.6. The summed E-state index contributed by atoms with van der Waals surface area (Å²) in [4.78, 5) is 0. The van der Waals surface area contributed by atoms with E-state index in [0.717, 1.165) is 11.3 Å². The Bertz CT molecular complexity index is 190. The topological polar surface area (TPSA) is 12.0 Å². The van der Waals surface area contributed by atoms with Gasteiger partial charge in [-0.25, -0.2) is 0 Å². The summed E-state index contributed by atoms with van der Waals surface area (Å²) in [7, 11) is 0. The highest BCUT2D eigenvalue weighted by Crippen LogP contribution is 2.30. The highest BCUT2D eigenvalue weighted by molar-refractivity contribution is 8.00. The molecule has 114 valence electrons. The van der Waals surface area contributed by atoms with Crippen LogP contribution in [0.1, 0.15) is 84.5 Å². The van der Waals surface area contributed by atoms with Crippen molar-refractivity contribution in [2.45, 2.75) is 95.8 Å². The molecule has 0 radical (unpaired) electrons. The summed E-state index contributed by atoms with van der Waals surface area (Å²) >= 11 is 2.21. The molecule has 1 rings (SSSR count). The van der Waals surface area contributed by atoms with E-state index < -0.39 is 0 Å². The minimum absolute atomic E-state index is 0.795. The molecular formula is C17H35NS. The summed E-state index contributed by atoms with van der Waals surface area (Å²) in [6, 6.07) is 0.795. The molecule has 1 saturated heterocycles. The molecule has 0 aromatic carbocycles. The van der Waals surface area contributed by atoms with Crippen LogP contribution in [0.5, 0.6) is 0 Å². The Morgan fingerprint density at radius 2 is 1.74 bits per heavy atom. The quantitative estimate of drug-likeness (QED) is 0.482. The Morgan fingerprint density at radius 1 is 1.00 bits per heavy atom. The van der Waals surface area contributed by atoms with Gasteiger partial charge in [0.25, 0.3) is 0 Å². The van der Waals surface area contributed by atoms with Gasteiger partial charge >= 0.3 is 0 Å². The molecule has 1 fully saturated rings. The van der Waals surface area contributed by atoms with Crippen molar-refractivity contribution in [1.29, 1.82) is 0 Å². The maximum Gasteiger partial charge on any atom is 0.0201 e. The molecule has 0 aromatic heterocycles. The monoisotopic (exact) mass is 285 g/mol. The molecule has 2 heteroatoms. The smallest absolute Gasteiger partial charge is 0.0201 e. The molecule has 0 spiro atoms. The summed E-state index contributed by atoms with van der Waals surface area (Å²) < 4.78 is 0. The first-order valence-corrected chi connectivity index (χ1v) is 9.78. The van der Waals surface area contributed by atoms with Crippen LogP contribution in [0.4, 0.5) is 0 Å². The molecule has 1 nitrogen and oxygen atoms in total. The molecule has 2 unspecified atom stereocenters. The van der Waals surface area contributed by atoms with E-state index in [1.165, 1.54) is 82.9 Å². The minimum atomic E-state index is 0.795. The fourth-order valence-corrected chi connectivity index (χ4v) is 4.42. The molecule has 0 aromatic rings.